The number of benzene rings is 3. The molecule has 0 aliphatic rings. The van der Waals surface area contributed by atoms with Crippen molar-refractivity contribution >= 4 is 28.4 Å². The van der Waals surface area contributed by atoms with Crippen molar-refractivity contribution < 1.29 is 22.7 Å². The van der Waals surface area contributed by atoms with E-state index in [1.165, 1.54) is 19.2 Å². The van der Waals surface area contributed by atoms with Crippen molar-refractivity contribution in [2.24, 2.45) is 0 Å². The van der Waals surface area contributed by atoms with Gasteiger partial charge in [0.15, 0.2) is 0 Å². The number of amides is 1. The first kappa shape index (κ1) is 22.1. The van der Waals surface area contributed by atoms with Crippen molar-refractivity contribution in [3.8, 4) is 16.9 Å². The molecule has 3 N–H and O–H groups in total. The molecule has 0 saturated heterocycles. The normalized spacial score (nSPS) is 11.4. The third-order valence-corrected chi connectivity index (χ3v) is 5.16. The highest BCUT2D eigenvalue weighted by atomic mass is 19.4. The van der Waals surface area contributed by atoms with Gasteiger partial charge < -0.3 is 15.8 Å². The first-order valence-electron chi connectivity index (χ1n) is 9.85. The summed E-state index contributed by atoms with van der Waals surface area (Å²) in [5, 5.41) is 3.42. The van der Waals surface area contributed by atoms with Crippen molar-refractivity contribution in [3.05, 3.63) is 77.5 Å². The van der Waals surface area contributed by atoms with Gasteiger partial charge in [-0.25, -0.2) is 9.97 Å². The van der Waals surface area contributed by atoms with Crippen LogP contribution >= 0.6 is 0 Å². The molecule has 4 aromatic rings. The summed E-state index contributed by atoms with van der Waals surface area (Å²) in [6, 6.07) is 13.1. The Bertz CT molecular complexity index is 1370. The molecule has 0 atom stereocenters. The van der Waals surface area contributed by atoms with Crippen molar-refractivity contribution in [3.63, 3.8) is 0 Å². The fourth-order valence-corrected chi connectivity index (χ4v) is 3.48. The summed E-state index contributed by atoms with van der Waals surface area (Å²) in [5.41, 5.74) is 8.15. The number of alkyl halides is 3. The van der Waals surface area contributed by atoms with E-state index in [4.69, 9.17) is 10.5 Å². The Labute approximate surface area is 187 Å². The quantitative estimate of drug-likeness (QED) is 0.429. The standard InChI is InChI=1S/C24H19F3N4O2/c1-13-6-7-17(30-22(32)14-4-3-5-16(8-14)24(25,26)27)10-18(13)19-9-15-12-29-23(28)31-20(15)11-21(19)33-2/h3-12H,1-2H3,(H,30,32)(H2,28,29,31). The van der Waals surface area contributed by atoms with Gasteiger partial charge in [-0.05, 0) is 54.4 Å². The van der Waals surface area contributed by atoms with E-state index < -0.39 is 17.6 Å². The summed E-state index contributed by atoms with van der Waals surface area (Å²) >= 11 is 0. The monoisotopic (exact) mass is 452 g/mol. The fourth-order valence-electron chi connectivity index (χ4n) is 3.48. The predicted octanol–water partition coefficient (Wildman–Crippen LogP) is 5.47. The molecule has 33 heavy (non-hydrogen) atoms. The molecule has 0 radical (unpaired) electrons. The largest absolute Gasteiger partial charge is 0.496 e. The number of carbonyl (C=O) groups excluding carboxylic acids is 1. The van der Waals surface area contributed by atoms with E-state index in [1.807, 2.05) is 13.0 Å². The van der Waals surface area contributed by atoms with E-state index in [0.29, 0.717) is 17.0 Å². The van der Waals surface area contributed by atoms with E-state index in [-0.39, 0.29) is 11.5 Å². The number of hydrogen-bond acceptors (Lipinski definition) is 5. The van der Waals surface area contributed by atoms with Crippen LogP contribution in [0.3, 0.4) is 0 Å². The van der Waals surface area contributed by atoms with Crippen LogP contribution in [-0.4, -0.2) is 23.0 Å². The number of nitrogen functional groups attached to an aromatic ring is 1. The van der Waals surface area contributed by atoms with Gasteiger partial charge in [0, 0.05) is 34.5 Å². The molecule has 1 amide bonds. The highest BCUT2D eigenvalue weighted by Gasteiger charge is 2.30. The Hall–Kier alpha value is -4.14. The van der Waals surface area contributed by atoms with Gasteiger partial charge in [0.25, 0.3) is 5.91 Å². The van der Waals surface area contributed by atoms with Crippen LogP contribution in [0.4, 0.5) is 24.8 Å². The average Bonchev–Trinajstić information content (AvgIpc) is 2.79. The van der Waals surface area contributed by atoms with Gasteiger partial charge >= 0.3 is 6.18 Å². The lowest BCUT2D eigenvalue weighted by atomic mass is 9.97. The molecule has 1 aromatic heterocycles. The van der Waals surface area contributed by atoms with E-state index in [2.05, 4.69) is 15.3 Å². The summed E-state index contributed by atoms with van der Waals surface area (Å²) < 4.78 is 44.5. The van der Waals surface area contributed by atoms with Crippen LogP contribution in [0.2, 0.25) is 0 Å². The number of aryl methyl sites for hydroxylation is 1. The molecule has 0 spiro atoms. The minimum Gasteiger partial charge on any atom is -0.496 e. The number of hydrogen-bond donors (Lipinski definition) is 2. The lowest BCUT2D eigenvalue weighted by Gasteiger charge is -2.15. The molecule has 0 aliphatic carbocycles. The zero-order valence-electron chi connectivity index (χ0n) is 17.7. The molecule has 3 aromatic carbocycles. The number of carbonyl (C=O) groups is 1. The number of fused-ring (bicyclic) bond motifs is 1. The molecule has 4 rings (SSSR count). The number of anilines is 2. The Morgan fingerprint density at radius 3 is 2.58 bits per heavy atom. The topological polar surface area (TPSA) is 90.1 Å². The van der Waals surface area contributed by atoms with Crippen LogP contribution in [0.1, 0.15) is 21.5 Å². The van der Waals surface area contributed by atoms with E-state index in [9.17, 15) is 18.0 Å². The SMILES string of the molecule is COc1cc2nc(N)ncc2cc1-c1cc(NC(=O)c2cccc(C(F)(F)F)c2)ccc1C. The summed E-state index contributed by atoms with van der Waals surface area (Å²) in [7, 11) is 1.53. The first-order valence-corrected chi connectivity index (χ1v) is 9.85. The van der Waals surface area contributed by atoms with E-state index >= 15 is 0 Å². The summed E-state index contributed by atoms with van der Waals surface area (Å²) in [5.74, 6) is 0.0445. The van der Waals surface area contributed by atoms with Crippen molar-refractivity contribution in [2.75, 3.05) is 18.2 Å². The summed E-state index contributed by atoms with van der Waals surface area (Å²) in [6.45, 7) is 1.90. The van der Waals surface area contributed by atoms with Crippen LogP contribution in [0.5, 0.6) is 5.75 Å². The smallest absolute Gasteiger partial charge is 0.416 e. The van der Waals surface area contributed by atoms with Crippen LogP contribution in [-0.2, 0) is 6.18 Å². The molecule has 168 valence electrons. The van der Waals surface area contributed by atoms with Gasteiger partial charge in [-0.1, -0.05) is 12.1 Å². The number of nitrogens with zero attached hydrogens (tertiary/aromatic N) is 2. The number of nitrogens with two attached hydrogens (primary N) is 1. The molecule has 0 aliphatic heterocycles. The maximum absolute atomic E-state index is 13.0. The second-order valence-corrected chi connectivity index (χ2v) is 7.40. The number of aromatic nitrogens is 2. The van der Waals surface area contributed by atoms with Gasteiger partial charge in [0.05, 0.1) is 18.2 Å². The maximum Gasteiger partial charge on any atom is 0.416 e. The molecular weight excluding hydrogens is 433 g/mol. The minimum atomic E-state index is -4.53. The first-order chi connectivity index (χ1) is 15.7. The Kier molecular flexibility index (Phi) is 5.63. The van der Waals surface area contributed by atoms with E-state index in [0.717, 1.165) is 34.2 Å². The van der Waals surface area contributed by atoms with Crippen LogP contribution < -0.4 is 15.8 Å². The van der Waals surface area contributed by atoms with Crippen molar-refractivity contribution in [2.45, 2.75) is 13.1 Å². The Balaban J connectivity index is 1.71. The summed E-state index contributed by atoms with van der Waals surface area (Å²) in [4.78, 5) is 20.9. The molecule has 1 heterocycles. The molecular formula is C24H19F3N4O2. The summed E-state index contributed by atoms with van der Waals surface area (Å²) in [6.07, 6.45) is -2.93. The van der Waals surface area contributed by atoms with Crippen LogP contribution in [0.15, 0.2) is 60.8 Å². The third-order valence-electron chi connectivity index (χ3n) is 5.16. The third kappa shape index (κ3) is 4.57. The Morgan fingerprint density at radius 2 is 1.85 bits per heavy atom. The lowest BCUT2D eigenvalue weighted by Crippen LogP contribution is -2.14. The van der Waals surface area contributed by atoms with Crippen molar-refractivity contribution in [1.82, 2.24) is 9.97 Å². The molecule has 6 nitrogen and oxygen atoms in total. The van der Waals surface area contributed by atoms with Crippen LogP contribution in [0, 0.1) is 6.92 Å². The number of halogens is 3. The number of methoxy groups -OCH3 is 1. The number of ether oxygens (including phenoxy) is 1. The van der Waals surface area contributed by atoms with E-state index in [1.54, 1.807) is 30.5 Å². The fraction of sp³-hybridized carbons (Fsp3) is 0.125. The minimum absolute atomic E-state index is 0.0926. The zero-order valence-corrected chi connectivity index (χ0v) is 17.7. The average molecular weight is 452 g/mol. The van der Waals surface area contributed by atoms with Gasteiger partial charge in [-0.3, -0.25) is 4.79 Å². The van der Waals surface area contributed by atoms with Gasteiger partial charge in [-0.2, -0.15) is 13.2 Å². The maximum atomic E-state index is 13.0. The molecule has 9 heteroatoms. The highest BCUT2D eigenvalue weighted by molar-refractivity contribution is 6.05. The molecule has 0 bridgehead atoms. The van der Waals surface area contributed by atoms with Crippen LogP contribution in [0.25, 0.3) is 22.0 Å². The lowest BCUT2D eigenvalue weighted by molar-refractivity contribution is -0.137. The Morgan fingerprint density at radius 1 is 1.06 bits per heavy atom. The molecule has 0 saturated carbocycles. The van der Waals surface area contributed by atoms with Gasteiger partial charge in [-0.15, -0.1) is 0 Å². The molecule has 0 unspecified atom stereocenters. The van der Waals surface area contributed by atoms with Gasteiger partial charge in [0.1, 0.15) is 5.75 Å². The molecule has 0 fully saturated rings. The van der Waals surface area contributed by atoms with Gasteiger partial charge in [0.2, 0.25) is 5.95 Å². The second-order valence-electron chi connectivity index (χ2n) is 7.40. The van der Waals surface area contributed by atoms with Crippen molar-refractivity contribution in [1.29, 1.82) is 0 Å². The second kappa shape index (κ2) is 8.42. The number of rotatable bonds is 4. The highest BCUT2D eigenvalue weighted by Crippen LogP contribution is 2.37. The predicted molar refractivity (Wildman–Crippen MR) is 120 cm³/mol. The zero-order chi connectivity index (χ0) is 23.8. The number of nitrogens with one attached hydrogen (secondary N) is 1.